The Bertz CT molecular complexity index is 269. The molecule has 1 atom stereocenters. The second-order valence-corrected chi connectivity index (χ2v) is 7.53. The van der Waals surface area contributed by atoms with Crippen LogP contribution in [0.25, 0.3) is 0 Å². The molecule has 0 fully saturated rings. The number of halogens is 1. The zero-order chi connectivity index (χ0) is 10.1. The maximum Gasteiger partial charge on any atom is 0.175 e. The second kappa shape index (κ2) is 4.54. The van der Waals surface area contributed by atoms with E-state index in [1.165, 1.54) is 22.6 Å². The molecule has 0 radical (unpaired) electrons. The highest BCUT2D eigenvalue weighted by molar-refractivity contribution is 8.85. The quantitative estimate of drug-likeness (QED) is 0.487. The molecule has 1 rings (SSSR count). The molecule has 8 heteroatoms. The number of hydrogen-bond acceptors (Lipinski definition) is 6. The average Bonchev–Trinajstić information content (AvgIpc) is 2.29. The Labute approximate surface area is 88.6 Å². The van der Waals surface area contributed by atoms with Crippen LogP contribution in [0, 0.1) is 10.2 Å². The predicted octanol–water partition coefficient (Wildman–Crippen LogP) is -0.857. The van der Waals surface area contributed by atoms with Gasteiger partial charge in [0.25, 0.3) is 0 Å². The largest absolute Gasteiger partial charge is 0.182 e. The molecule has 0 aliphatic carbocycles. The molecule has 0 aromatic carbocycles. The molecule has 0 aromatic rings. The molecule has 1 aliphatic rings. The van der Waals surface area contributed by atoms with E-state index in [9.17, 15) is 14.0 Å². The van der Waals surface area contributed by atoms with Crippen molar-refractivity contribution in [1.29, 1.82) is 0 Å². The van der Waals surface area contributed by atoms with E-state index < -0.39 is 20.0 Å². The second-order valence-electron chi connectivity index (χ2n) is 2.04. The van der Waals surface area contributed by atoms with Crippen LogP contribution in [0.4, 0.5) is 0 Å². The topological polar surface area (TPSA) is 78.4 Å². The van der Waals surface area contributed by atoms with E-state index in [0.717, 1.165) is 9.10 Å². The summed E-state index contributed by atoms with van der Waals surface area (Å²) in [6, 6.07) is 0. The van der Waals surface area contributed by atoms with E-state index in [-0.39, 0.29) is 0 Å². The molecule has 0 saturated heterocycles. The molecular formula is C5H7ClO4S3. The zero-order valence-electron chi connectivity index (χ0n) is 6.81. The van der Waals surface area contributed by atoms with Crippen molar-refractivity contribution in [3.63, 3.8) is 0 Å². The third-order valence-electron chi connectivity index (χ3n) is 1.08. The van der Waals surface area contributed by atoms with Crippen molar-refractivity contribution in [2.45, 2.75) is 6.92 Å². The van der Waals surface area contributed by atoms with Gasteiger partial charge in [0.2, 0.25) is 0 Å². The number of hydrogen-bond donors (Lipinski definition) is 0. The lowest BCUT2D eigenvalue weighted by atomic mass is 10.5. The van der Waals surface area contributed by atoms with E-state index in [4.69, 9.17) is 0 Å². The lowest BCUT2D eigenvalue weighted by Crippen LogP contribution is -2.60. The van der Waals surface area contributed by atoms with Gasteiger partial charge < -0.3 is 0 Å². The lowest BCUT2D eigenvalue weighted by molar-refractivity contribution is -1.91. The maximum atomic E-state index is 10.3. The SMILES string of the molecule is CSC1=CC(C)=S(O[Cl+3]([O-])([O-])[O-])S1. The molecule has 4 nitrogen and oxygen atoms in total. The van der Waals surface area contributed by atoms with Gasteiger partial charge in [-0.2, -0.15) is 14.0 Å². The van der Waals surface area contributed by atoms with Crippen molar-refractivity contribution in [1.82, 2.24) is 0 Å². The Morgan fingerprint density at radius 2 is 2.15 bits per heavy atom. The first-order valence-corrected chi connectivity index (χ1v) is 7.99. The van der Waals surface area contributed by atoms with Gasteiger partial charge in [-0.05, 0) is 30.0 Å². The first-order valence-electron chi connectivity index (χ1n) is 3.05. The standard InChI is InChI=1S/C5H7ClO4S3/c1-4-3-5(11-2)12-13(4)10-6(7,8)9/h3H,1-2H3. The molecule has 0 aromatic heterocycles. The number of rotatable bonds is 3. The number of thioether (sulfide) groups is 1. The summed E-state index contributed by atoms with van der Waals surface area (Å²) in [5.74, 6) is 0. The van der Waals surface area contributed by atoms with Crippen LogP contribution in [0.3, 0.4) is 0 Å². The monoisotopic (exact) mass is 262 g/mol. The molecule has 0 spiro atoms. The molecule has 76 valence electrons. The van der Waals surface area contributed by atoms with Gasteiger partial charge in [-0.15, -0.1) is 11.8 Å². The molecule has 13 heavy (non-hydrogen) atoms. The smallest absolute Gasteiger partial charge is 0.175 e. The van der Waals surface area contributed by atoms with E-state index in [0.29, 0.717) is 0 Å². The van der Waals surface area contributed by atoms with Crippen molar-refractivity contribution >= 4 is 37.2 Å². The lowest BCUT2D eigenvalue weighted by Gasteiger charge is -2.12. The summed E-state index contributed by atoms with van der Waals surface area (Å²) >= 11 is 1.50. The van der Waals surface area contributed by atoms with Crippen molar-refractivity contribution < 1.29 is 28.0 Å². The molecular weight excluding hydrogens is 256 g/mol. The maximum absolute atomic E-state index is 10.3. The molecule has 0 N–H and O–H groups in total. The van der Waals surface area contributed by atoms with Crippen LogP contribution in [-0.2, 0) is 3.74 Å². The Balaban J connectivity index is 2.62. The van der Waals surface area contributed by atoms with Gasteiger partial charge in [-0.1, -0.05) is 0 Å². The van der Waals surface area contributed by atoms with Gasteiger partial charge in [0.15, 0.2) is 9.80 Å². The average molecular weight is 263 g/mol. The normalized spacial score (nSPS) is 23.6. The minimum Gasteiger partial charge on any atom is -0.182 e. The van der Waals surface area contributed by atoms with Gasteiger partial charge in [0.05, 0.1) is 14.5 Å². The summed E-state index contributed by atoms with van der Waals surface area (Å²) in [7, 11) is -4.04. The van der Waals surface area contributed by atoms with E-state index in [1.54, 1.807) is 6.92 Å². The minimum atomic E-state index is -4.33. The minimum absolute atomic E-state index is 0.765. The Kier molecular flexibility index (Phi) is 4.14. The van der Waals surface area contributed by atoms with Crippen molar-refractivity contribution in [3.8, 4) is 0 Å². The van der Waals surface area contributed by atoms with Crippen LogP contribution in [0.1, 0.15) is 6.92 Å². The fraction of sp³-hybridized carbons (Fsp3) is 0.400. The third kappa shape index (κ3) is 3.80. The highest BCUT2D eigenvalue weighted by atomic mass is 35.7. The van der Waals surface area contributed by atoms with Gasteiger partial charge in [-0.25, -0.2) is 0 Å². The van der Waals surface area contributed by atoms with Gasteiger partial charge in [-0.3, -0.25) is 0 Å². The Morgan fingerprint density at radius 1 is 1.54 bits per heavy atom. The van der Waals surface area contributed by atoms with Crippen LogP contribution in [-0.4, -0.2) is 11.1 Å². The van der Waals surface area contributed by atoms with Gasteiger partial charge >= 0.3 is 0 Å². The molecule has 0 amide bonds. The summed E-state index contributed by atoms with van der Waals surface area (Å²) in [5.41, 5.74) is 0. The predicted molar refractivity (Wildman–Crippen MR) is 48.5 cm³/mol. The zero-order valence-corrected chi connectivity index (χ0v) is 10.0. The van der Waals surface area contributed by atoms with Crippen LogP contribution < -0.4 is 14.0 Å². The van der Waals surface area contributed by atoms with Crippen LogP contribution in [0.2, 0.25) is 0 Å². The van der Waals surface area contributed by atoms with Crippen molar-refractivity contribution in [3.05, 3.63) is 10.3 Å². The Hall–Kier alpha value is 0.790. The Morgan fingerprint density at radius 3 is 2.54 bits per heavy atom. The molecule has 1 unspecified atom stereocenters. The van der Waals surface area contributed by atoms with Crippen molar-refractivity contribution in [2.75, 3.05) is 6.26 Å². The van der Waals surface area contributed by atoms with E-state index in [2.05, 4.69) is 3.74 Å². The van der Waals surface area contributed by atoms with Crippen LogP contribution in [0.15, 0.2) is 10.3 Å². The molecule has 1 aliphatic heterocycles. The first kappa shape index (κ1) is 11.9. The van der Waals surface area contributed by atoms with Gasteiger partial charge in [0, 0.05) is 4.86 Å². The summed E-state index contributed by atoms with van der Waals surface area (Å²) in [6.45, 7) is 1.74. The summed E-state index contributed by atoms with van der Waals surface area (Å²) in [6.07, 6.45) is 3.70. The fourth-order valence-corrected chi connectivity index (χ4v) is 6.20. The van der Waals surface area contributed by atoms with Crippen LogP contribution >= 0.6 is 32.4 Å². The highest BCUT2D eigenvalue weighted by Gasteiger charge is 2.28. The van der Waals surface area contributed by atoms with E-state index >= 15 is 0 Å². The fourth-order valence-electron chi connectivity index (χ4n) is 0.604. The molecule has 0 bridgehead atoms. The van der Waals surface area contributed by atoms with E-state index in [1.807, 2.05) is 12.3 Å². The first-order chi connectivity index (χ1) is 5.92. The molecule has 0 saturated carbocycles. The van der Waals surface area contributed by atoms with Crippen molar-refractivity contribution in [2.24, 2.45) is 0 Å². The third-order valence-corrected chi connectivity index (χ3v) is 7.06. The number of allylic oxidation sites excluding steroid dienone is 1. The molecule has 1 heterocycles. The summed E-state index contributed by atoms with van der Waals surface area (Å²) in [5, 5.41) is 0. The highest BCUT2D eigenvalue weighted by Crippen LogP contribution is 2.49. The van der Waals surface area contributed by atoms with Crippen LogP contribution in [0.5, 0.6) is 0 Å². The summed E-state index contributed by atoms with van der Waals surface area (Å²) in [4.78, 5) is 0.765. The van der Waals surface area contributed by atoms with Gasteiger partial charge in [0.1, 0.15) is 3.74 Å². The summed E-state index contributed by atoms with van der Waals surface area (Å²) < 4.78 is 36.1.